The van der Waals surface area contributed by atoms with Gasteiger partial charge in [-0.2, -0.15) is 0 Å². The first-order valence-electron chi connectivity index (χ1n) is 7.27. The maximum atomic E-state index is 11.7. The van der Waals surface area contributed by atoms with E-state index in [1.54, 1.807) is 0 Å². The molecule has 0 unspecified atom stereocenters. The average molecular weight is 256 g/mol. The van der Waals surface area contributed by atoms with E-state index in [2.05, 4.69) is 18.7 Å². The van der Waals surface area contributed by atoms with E-state index in [1.807, 2.05) is 11.8 Å². The third-order valence-electron chi connectivity index (χ3n) is 3.32. The van der Waals surface area contributed by atoms with Crippen LogP contribution in [-0.2, 0) is 4.74 Å². The van der Waals surface area contributed by atoms with Crippen molar-refractivity contribution in [2.45, 2.75) is 40.0 Å². The van der Waals surface area contributed by atoms with E-state index in [1.165, 1.54) is 12.8 Å². The van der Waals surface area contributed by atoms with Crippen molar-refractivity contribution in [1.29, 1.82) is 0 Å². The highest BCUT2D eigenvalue weighted by molar-refractivity contribution is 5.67. The maximum Gasteiger partial charge on any atom is 0.409 e. The highest BCUT2D eigenvalue weighted by Gasteiger charge is 2.21. The third-order valence-corrected chi connectivity index (χ3v) is 3.32. The van der Waals surface area contributed by atoms with Crippen molar-refractivity contribution in [3.8, 4) is 0 Å². The minimum Gasteiger partial charge on any atom is -0.449 e. The molecular weight excluding hydrogens is 228 g/mol. The largest absolute Gasteiger partial charge is 0.449 e. The van der Waals surface area contributed by atoms with Crippen LogP contribution in [0.3, 0.4) is 0 Å². The molecule has 0 bridgehead atoms. The predicted molar refractivity (Wildman–Crippen MR) is 73.7 cm³/mol. The van der Waals surface area contributed by atoms with Crippen molar-refractivity contribution in [3.63, 3.8) is 0 Å². The number of rotatable bonds is 6. The molecule has 0 N–H and O–H groups in total. The zero-order chi connectivity index (χ0) is 13.4. The number of ether oxygens (including phenoxy) is 1. The summed E-state index contributed by atoms with van der Waals surface area (Å²) in [5, 5.41) is 0. The van der Waals surface area contributed by atoms with Gasteiger partial charge in [0.2, 0.25) is 0 Å². The standard InChI is InChI=1S/C14H28N2O2/c1-4-12-18-14(17)16-10-8-15(9-11-16)7-5-6-13(2)3/h13H,4-12H2,1-3H3. The molecular formula is C14H28N2O2. The quantitative estimate of drug-likeness (QED) is 0.732. The zero-order valence-corrected chi connectivity index (χ0v) is 12.2. The Bertz CT molecular complexity index is 236. The molecule has 1 heterocycles. The molecule has 4 nitrogen and oxygen atoms in total. The van der Waals surface area contributed by atoms with Crippen molar-refractivity contribution in [1.82, 2.24) is 9.80 Å². The summed E-state index contributed by atoms with van der Waals surface area (Å²) in [4.78, 5) is 15.9. The van der Waals surface area contributed by atoms with Crippen LogP contribution in [0.2, 0.25) is 0 Å². The Morgan fingerprint density at radius 1 is 1.22 bits per heavy atom. The Balaban J connectivity index is 2.14. The maximum absolute atomic E-state index is 11.7. The first kappa shape index (κ1) is 15.3. The van der Waals surface area contributed by atoms with Crippen molar-refractivity contribution < 1.29 is 9.53 Å². The summed E-state index contributed by atoms with van der Waals surface area (Å²) in [6.07, 6.45) is 3.30. The van der Waals surface area contributed by atoms with Gasteiger partial charge in [0.05, 0.1) is 6.61 Å². The number of carbonyl (C=O) groups excluding carboxylic acids is 1. The van der Waals surface area contributed by atoms with Gasteiger partial charge in [-0.3, -0.25) is 4.90 Å². The molecule has 1 saturated heterocycles. The van der Waals surface area contributed by atoms with E-state index in [4.69, 9.17) is 4.74 Å². The fourth-order valence-electron chi connectivity index (χ4n) is 2.16. The number of hydrogen-bond acceptors (Lipinski definition) is 3. The Labute approximate surface area is 111 Å². The minimum absolute atomic E-state index is 0.140. The van der Waals surface area contributed by atoms with E-state index in [9.17, 15) is 4.79 Å². The number of piperazine rings is 1. The summed E-state index contributed by atoms with van der Waals surface area (Å²) in [5.41, 5.74) is 0. The molecule has 0 aliphatic carbocycles. The lowest BCUT2D eigenvalue weighted by Gasteiger charge is -2.34. The van der Waals surface area contributed by atoms with Crippen LogP contribution >= 0.6 is 0 Å². The molecule has 18 heavy (non-hydrogen) atoms. The lowest BCUT2D eigenvalue weighted by atomic mass is 10.1. The van der Waals surface area contributed by atoms with Gasteiger partial charge in [0, 0.05) is 26.2 Å². The predicted octanol–water partition coefficient (Wildman–Crippen LogP) is 2.59. The summed E-state index contributed by atoms with van der Waals surface area (Å²) in [7, 11) is 0. The lowest BCUT2D eigenvalue weighted by Crippen LogP contribution is -2.49. The van der Waals surface area contributed by atoms with Crippen molar-refractivity contribution in [2.75, 3.05) is 39.3 Å². The van der Waals surface area contributed by atoms with Crippen LogP contribution in [0.5, 0.6) is 0 Å². The van der Waals surface area contributed by atoms with E-state index in [-0.39, 0.29) is 6.09 Å². The van der Waals surface area contributed by atoms with Crippen LogP contribution in [0.25, 0.3) is 0 Å². The summed E-state index contributed by atoms with van der Waals surface area (Å²) in [5.74, 6) is 0.787. The monoisotopic (exact) mass is 256 g/mol. The Hall–Kier alpha value is -0.770. The first-order valence-corrected chi connectivity index (χ1v) is 7.27. The molecule has 0 atom stereocenters. The molecule has 0 aromatic rings. The molecule has 106 valence electrons. The topological polar surface area (TPSA) is 32.8 Å². The van der Waals surface area contributed by atoms with Gasteiger partial charge in [0.25, 0.3) is 0 Å². The molecule has 0 aromatic carbocycles. The molecule has 1 fully saturated rings. The van der Waals surface area contributed by atoms with Crippen LogP contribution in [0.1, 0.15) is 40.0 Å². The molecule has 1 aliphatic rings. The van der Waals surface area contributed by atoms with Gasteiger partial charge in [-0.1, -0.05) is 20.8 Å². The second kappa shape index (κ2) is 8.35. The Kier molecular flexibility index (Phi) is 7.09. The van der Waals surface area contributed by atoms with Gasteiger partial charge in [0.15, 0.2) is 0 Å². The fraction of sp³-hybridized carbons (Fsp3) is 0.929. The first-order chi connectivity index (χ1) is 8.63. The third kappa shape index (κ3) is 5.71. The molecule has 1 amide bonds. The van der Waals surface area contributed by atoms with E-state index < -0.39 is 0 Å². The van der Waals surface area contributed by atoms with Gasteiger partial charge >= 0.3 is 6.09 Å². The number of hydrogen-bond donors (Lipinski definition) is 0. The number of amides is 1. The van der Waals surface area contributed by atoms with Crippen molar-refractivity contribution in [3.05, 3.63) is 0 Å². The number of nitrogens with zero attached hydrogens (tertiary/aromatic N) is 2. The van der Waals surface area contributed by atoms with Gasteiger partial charge in [0.1, 0.15) is 0 Å². The Morgan fingerprint density at radius 2 is 1.89 bits per heavy atom. The Morgan fingerprint density at radius 3 is 2.44 bits per heavy atom. The average Bonchev–Trinajstić information content (AvgIpc) is 2.36. The second-order valence-electron chi connectivity index (χ2n) is 5.48. The van der Waals surface area contributed by atoms with Crippen LogP contribution in [0.15, 0.2) is 0 Å². The molecule has 0 radical (unpaired) electrons. The zero-order valence-electron chi connectivity index (χ0n) is 12.2. The summed E-state index contributed by atoms with van der Waals surface area (Å²) < 4.78 is 5.15. The normalized spacial score (nSPS) is 17.2. The SMILES string of the molecule is CCCOC(=O)N1CCN(CCCC(C)C)CC1. The summed E-state index contributed by atoms with van der Waals surface area (Å²) >= 11 is 0. The highest BCUT2D eigenvalue weighted by Crippen LogP contribution is 2.08. The molecule has 0 saturated carbocycles. The molecule has 1 rings (SSSR count). The molecule has 1 aliphatic heterocycles. The molecule has 0 spiro atoms. The fourth-order valence-corrected chi connectivity index (χ4v) is 2.16. The van der Waals surface area contributed by atoms with Gasteiger partial charge < -0.3 is 9.64 Å². The van der Waals surface area contributed by atoms with Crippen molar-refractivity contribution >= 4 is 6.09 Å². The van der Waals surface area contributed by atoms with Crippen molar-refractivity contribution in [2.24, 2.45) is 5.92 Å². The van der Waals surface area contributed by atoms with Gasteiger partial charge in [-0.05, 0) is 31.7 Å². The lowest BCUT2D eigenvalue weighted by molar-refractivity contribution is 0.0757. The molecule has 0 aromatic heterocycles. The van der Waals surface area contributed by atoms with E-state index in [0.717, 1.165) is 45.1 Å². The summed E-state index contributed by atoms with van der Waals surface area (Å²) in [6.45, 7) is 11.8. The smallest absolute Gasteiger partial charge is 0.409 e. The van der Waals surface area contributed by atoms with Gasteiger partial charge in [-0.15, -0.1) is 0 Å². The van der Waals surface area contributed by atoms with E-state index >= 15 is 0 Å². The van der Waals surface area contributed by atoms with Crippen LogP contribution < -0.4 is 0 Å². The van der Waals surface area contributed by atoms with Gasteiger partial charge in [-0.25, -0.2) is 4.79 Å². The van der Waals surface area contributed by atoms with Crippen LogP contribution in [-0.4, -0.2) is 55.2 Å². The number of carbonyl (C=O) groups is 1. The van der Waals surface area contributed by atoms with Crippen LogP contribution in [0.4, 0.5) is 4.79 Å². The second-order valence-corrected chi connectivity index (χ2v) is 5.48. The van der Waals surface area contributed by atoms with E-state index in [0.29, 0.717) is 6.61 Å². The summed E-state index contributed by atoms with van der Waals surface area (Å²) in [6, 6.07) is 0. The van der Waals surface area contributed by atoms with Crippen LogP contribution in [0, 0.1) is 5.92 Å². The highest BCUT2D eigenvalue weighted by atomic mass is 16.6. The minimum atomic E-state index is -0.140. The molecule has 4 heteroatoms.